The summed E-state index contributed by atoms with van der Waals surface area (Å²) < 4.78 is 24.9. The molecule has 3 rings (SSSR count). The number of aliphatic carboxylic acids is 1. The molecule has 1 aliphatic heterocycles. The largest absolute Gasteiger partial charge is 0.481 e. The molecule has 7 heteroatoms. The molecule has 5 nitrogen and oxygen atoms in total. The summed E-state index contributed by atoms with van der Waals surface area (Å²) in [5, 5.41) is 10.7. The third-order valence-electron chi connectivity index (χ3n) is 3.71. The van der Waals surface area contributed by atoms with E-state index in [0.29, 0.717) is 11.1 Å². The molecule has 1 heterocycles. The van der Waals surface area contributed by atoms with Crippen molar-refractivity contribution in [3.8, 4) is 0 Å². The first kappa shape index (κ1) is 16.1. The number of amides is 2. The number of carbonyl (C=O) groups excluding carboxylic acids is 2. The number of hydrogen-bond acceptors (Lipinski definition) is 3. The van der Waals surface area contributed by atoms with Crippen LogP contribution in [0, 0.1) is 5.92 Å². The molecular weight excluding hydrogens is 296 g/mol. The molecule has 2 amide bonds. The molecular formula is C15H15F2NO4. The molecule has 0 bridgehead atoms. The summed E-state index contributed by atoms with van der Waals surface area (Å²) in [5.74, 6) is -4.71. The van der Waals surface area contributed by atoms with Crippen molar-refractivity contribution in [3.63, 3.8) is 0 Å². The van der Waals surface area contributed by atoms with Gasteiger partial charge >= 0.3 is 5.97 Å². The maximum atomic E-state index is 12.4. The van der Waals surface area contributed by atoms with Crippen LogP contribution < -0.4 is 5.32 Å². The Morgan fingerprint density at radius 1 is 1.09 bits per heavy atom. The second kappa shape index (κ2) is 6.21. The standard InChI is InChI=1S/C8H5NO2.C7H10F2O2/c10-7-5-3-1-2-4-6(5)8(11)9-7;8-7(9)3-1-5(2-4-7)6(10)11/h1-4H,(H,9,10,11);5H,1-4H2,(H,10,11). The van der Waals surface area contributed by atoms with E-state index >= 15 is 0 Å². The molecule has 0 unspecified atom stereocenters. The van der Waals surface area contributed by atoms with E-state index in [0.717, 1.165) is 0 Å². The van der Waals surface area contributed by atoms with Crippen LogP contribution in [0.15, 0.2) is 24.3 Å². The highest BCUT2D eigenvalue weighted by Crippen LogP contribution is 2.35. The molecule has 0 spiro atoms. The molecule has 1 aliphatic carbocycles. The number of rotatable bonds is 1. The fourth-order valence-electron chi connectivity index (χ4n) is 2.40. The third-order valence-corrected chi connectivity index (χ3v) is 3.71. The Bertz CT molecular complexity index is 572. The fraction of sp³-hybridized carbons (Fsp3) is 0.400. The van der Waals surface area contributed by atoms with Gasteiger partial charge in [-0.3, -0.25) is 19.7 Å². The van der Waals surface area contributed by atoms with Gasteiger partial charge in [0, 0.05) is 12.8 Å². The summed E-state index contributed by atoms with van der Waals surface area (Å²) in [4.78, 5) is 32.2. The molecule has 118 valence electrons. The number of nitrogens with one attached hydrogen (secondary N) is 1. The number of alkyl halides is 2. The van der Waals surface area contributed by atoms with E-state index in [4.69, 9.17) is 5.11 Å². The first-order valence-corrected chi connectivity index (χ1v) is 6.85. The SMILES string of the molecule is O=C(O)C1CCC(F)(F)CC1.O=C1NC(=O)c2ccccc21. The Morgan fingerprint density at radius 2 is 1.55 bits per heavy atom. The first-order valence-electron chi connectivity index (χ1n) is 6.85. The van der Waals surface area contributed by atoms with Crippen molar-refractivity contribution in [1.82, 2.24) is 5.32 Å². The van der Waals surface area contributed by atoms with E-state index in [1.165, 1.54) is 0 Å². The quantitative estimate of drug-likeness (QED) is 0.780. The molecule has 1 aromatic carbocycles. The summed E-state index contributed by atoms with van der Waals surface area (Å²) in [7, 11) is 0. The zero-order valence-corrected chi connectivity index (χ0v) is 11.6. The number of carboxylic acids is 1. The summed E-state index contributed by atoms with van der Waals surface area (Å²) in [5.41, 5.74) is 0.940. The minimum atomic E-state index is -2.62. The van der Waals surface area contributed by atoms with Gasteiger partial charge in [-0.25, -0.2) is 8.78 Å². The Morgan fingerprint density at radius 3 is 1.95 bits per heavy atom. The van der Waals surface area contributed by atoms with Crippen LogP contribution >= 0.6 is 0 Å². The summed E-state index contributed by atoms with van der Waals surface area (Å²) in [6.45, 7) is 0. The summed E-state index contributed by atoms with van der Waals surface area (Å²) in [6, 6.07) is 6.74. The molecule has 2 aliphatic rings. The monoisotopic (exact) mass is 311 g/mol. The molecule has 2 N–H and O–H groups in total. The van der Waals surface area contributed by atoms with E-state index in [1.54, 1.807) is 24.3 Å². The topological polar surface area (TPSA) is 83.5 Å². The number of carboxylic acid groups (broad SMARTS) is 1. The number of carbonyl (C=O) groups is 3. The van der Waals surface area contributed by atoms with Gasteiger partial charge in [-0.15, -0.1) is 0 Å². The van der Waals surface area contributed by atoms with Gasteiger partial charge in [-0.1, -0.05) is 12.1 Å². The highest BCUT2D eigenvalue weighted by molar-refractivity contribution is 6.21. The van der Waals surface area contributed by atoms with Gasteiger partial charge in [0.05, 0.1) is 17.0 Å². The average Bonchev–Trinajstić information content (AvgIpc) is 2.75. The van der Waals surface area contributed by atoms with E-state index in [1.807, 2.05) is 0 Å². The van der Waals surface area contributed by atoms with Gasteiger partial charge < -0.3 is 5.11 Å². The van der Waals surface area contributed by atoms with Crippen molar-refractivity contribution in [2.24, 2.45) is 5.92 Å². The van der Waals surface area contributed by atoms with Crippen molar-refractivity contribution in [2.45, 2.75) is 31.6 Å². The van der Waals surface area contributed by atoms with E-state index < -0.39 is 17.8 Å². The lowest BCUT2D eigenvalue weighted by Crippen LogP contribution is -2.28. The predicted octanol–water partition coefficient (Wildman–Crippen LogP) is 2.47. The Hall–Kier alpha value is -2.31. The molecule has 0 saturated heterocycles. The van der Waals surface area contributed by atoms with Crippen LogP contribution in [-0.4, -0.2) is 28.8 Å². The molecule has 0 radical (unpaired) electrons. The lowest BCUT2D eigenvalue weighted by molar-refractivity contribution is -0.145. The van der Waals surface area contributed by atoms with Crippen LogP contribution in [0.5, 0.6) is 0 Å². The molecule has 0 atom stereocenters. The Kier molecular flexibility index (Phi) is 4.54. The van der Waals surface area contributed by atoms with Crippen LogP contribution in [0.25, 0.3) is 0 Å². The van der Waals surface area contributed by atoms with Gasteiger partial charge in [0.25, 0.3) is 11.8 Å². The number of imide groups is 1. The van der Waals surface area contributed by atoms with Crippen molar-refractivity contribution in [2.75, 3.05) is 0 Å². The third kappa shape index (κ3) is 3.66. The highest BCUT2D eigenvalue weighted by atomic mass is 19.3. The fourth-order valence-corrected chi connectivity index (χ4v) is 2.40. The zero-order chi connectivity index (χ0) is 16.3. The maximum absolute atomic E-state index is 12.4. The van der Waals surface area contributed by atoms with Crippen molar-refractivity contribution >= 4 is 17.8 Å². The smallest absolute Gasteiger partial charge is 0.306 e. The van der Waals surface area contributed by atoms with Gasteiger partial charge in [0.2, 0.25) is 5.92 Å². The van der Waals surface area contributed by atoms with Gasteiger partial charge in [0.1, 0.15) is 0 Å². The summed E-state index contributed by atoms with van der Waals surface area (Å²) >= 11 is 0. The lowest BCUT2D eigenvalue weighted by atomic mass is 9.87. The lowest BCUT2D eigenvalue weighted by Gasteiger charge is -2.25. The maximum Gasteiger partial charge on any atom is 0.306 e. The molecule has 1 saturated carbocycles. The minimum Gasteiger partial charge on any atom is -0.481 e. The van der Waals surface area contributed by atoms with Gasteiger partial charge in [-0.05, 0) is 25.0 Å². The number of fused-ring (bicyclic) bond motifs is 1. The normalized spacial score (nSPS) is 19.7. The summed E-state index contributed by atoms with van der Waals surface area (Å²) in [6.07, 6.45) is -0.321. The second-order valence-electron chi connectivity index (χ2n) is 5.30. The molecule has 0 aromatic heterocycles. The first-order chi connectivity index (χ1) is 10.3. The van der Waals surface area contributed by atoms with Crippen LogP contribution in [0.4, 0.5) is 8.78 Å². The van der Waals surface area contributed by atoms with Crippen LogP contribution in [-0.2, 0) is 4.79 Å². The Labute approximate surface area is 125 Å². The van der Waals surface area contributed by atoms with Crippen LogP contribution in [0.3, 0.4) is 0 Å². The van der Waals surface area contributed by atoms with Crippen molar-refractivity contribution < 1.29 is 28.3 Å². The predicted molar refractivity (Wildman–Crippen MR) is 72.8 cm³/mol. The molecule has 1 aromatic rings. The molecule has 22 heavy (non-hydrogen) atoms. The zero-order valence-electron chi connectivity index (χ0n) is 11.6. The number of hydrogen-bond donors (Lipinski definition) is 2. The van der Waals surface area contributed by atoms with Gasteiger partial charge in [-0.2, -0.15) is 0 Å². The number of benzene rings is 1. The van der Waals surface area contributed by atoms with Crippen molar-refractivity contribution in [1.29, 1.82) is 0 Å². The number of halogens is 2. The van der Waals surface area contributed by atoms with Crippen LogP contribution in [0.2, 0.25) is 0 Å². The van der Waals surface area contributed by atoms with E-state index in [-0.39, 0.29) is 37.5 Å². The van der Waals surface area contributed by atoms with Gasteiger partial charge in [0.15, 0.2) is 0 Å². The molecule has 1 fully saturated rings. The average molecular weight is 311 g/mol. The highest BCUT2D eigenvalue weighted by Gasteiger charge is 2.37. The second-order valence-corrected chi connectivity index (χ2v) is 5.30. The van der Waals surface area contributed by atoms with E-state index in [2.05, 4.69) is 5.32 Å². The Balaban J connectivity index is 0.000000160. The van der Waals surface area contributed by atoms with E-state index in [9.17, 15) is 23.2 Å². The minimum absolute atomic E-state index is 0.113. The van der Waals surface area contributed by atoms with Crippen LogP contribution in [0.1, 0.15) is 46.4 Å². The van der Waals surface area contributed by atoms with Crippen molar-refractivity contribution in [3.05, 3.63) is 35.4 Å².